The third-order valence-electron chi connectivity index (χ3n) is 4.96. The van der Waals surface area contributed by atoms with Crippen LogP contribution in [0.3, 0.4) is 0 Å². The van der Waals surface area contributed by atoms with Crippen LogP contribution in [0.2, 0.25) is 0 Å². The lowest BCUT2D eigenvalue weighted by atomic mass is 10.00. The third-order valence-corrected chi connectivity index (χ3v) is 4.96. The van der Waals surface area contributed by atoms with E-state index in [1.165, 1.54) is 11.6 Å². The summed E-state index contributed by atoms with van der Waals surface area (Å²) in [5.41, 5.74) is 3.66. The maximum absolute atomic E-state index is 14.6. The fourth-order valence-electron chi connectivity index (χ4n) is 3.45. The first-order chi connectivity index (χ1) is 13.1. The van der Waals surface area contributed by atoms with Crippen molar-refractivity contribution in [2.45, 2.75) is 25.9 Å². The van der Waals surface area contributed by atoms with Gasteiger partial charge in [0.2, 0.25) is 0 Å². The molecule has 136 valence electrons. The zero-order valence-electron chi connectivity index (χ0n) is 15.3. The number of carbonyl (C=O) groups is 1. The second-order valence-corrected chi connectivity index (χ2v) is 7.04. The highest BCUT2D eigenvalue weighted by Gasteiger charge is 2.35. The minimum Gasteiger partial charge on any atom is -0.360 e. The number of para-hydroxylation sites is 1. The van der Waals surface area contributed by atoms with Crippen molar-refractivity contribution in [1.29, 1.82) is 0 Å². The molecule has 3 nitrogen and oxygen atoms in total. The van der Waals surface area contributed by atoms with Crippen LogP contribution in [0, 0.1) is 5.82 Å². The molecule has 0 saturated carbocycles. The summed E-state index contributed by atoms with van der Waals surface area (Å²) in [5.74, 6) is -0.0850. The number of rotatable bonds is 3. The number of halogens is 1. The maximum atomic E-state index is 14.6. The van der Waals surface area contributed by atoms with Crippen LogP contribution in [0.15, 0.2) is 72.8 Å². The molecule has 1 heterocycles. The Labute approximate surface area is 158 Å². The van der Waals surface area contributed by atoms with Crippen molar-refractivity contribution in [1.82, 2.24) is 0 Å². The number of hydrogen-bond acceptors (Lipinski definition) is 2. The van der Waals surface area contributed by atoms with Crippen LogP contribution in [-0.2, 0) is 0 Å². The monoisotopic (exact) mass is 360 g/mol. The van der Waals surface area contributed by atoms with Gasteiger partial charge in [0.15, 0.2) is 0 Å². The summed E-state index contributed by atoms with van der Waals surface area (Å²) < 4.78 is 14.6. The third kappa shape index (κ3) is 3.08. The van der Waals surface area contributed by atoms with Crippen LogP contribution in [0.1, 0.15) is 47.4 Å². The smallest absolute Gasteiger partial charge is 0.262 e. The molecule has 4 rings (SSSR count). The highest BCUT2D eigenvalue weighted by molar-refractivity contribution is 6.12. The molecule has 1 unspecified atom stereocenters. The molecule has 1 amide bonds. The highest BCUT2D eigenvalue weighted by atomic mass is 19.1. The van der Waals surface area contributed by atoms with Crippen molar-refractivity contribution in [2.75, 3.05) is 10.2 Å². The molecule has 4 heteroatoms. The van der Waals surface area contributed by atoms with E-state index in [1.54, 1.807) is 29.2 Å². The number of amides is 1. The van der Waals surface area contributed by atoms with E-state index in [0.29, 0.717) is 22.7 Å². The molecule has 0 aliphatic carbocycles. The summed E-state index contributed by atoms with van der Waals surface area (Å²) in [7, 11) is 0. The van der Waals surface area contributed by atoms with Gasteiger partial charge >= 0.3 is 0 Å². The second-order valence-electron chi connectivity index (χ2n) is 7.04. The van der Waals surface area contributed by atoms with Gasteiger partial charge in [0, 0.05) is 16.9 Å². The predicted octanol–water partition coefficient (Wildman–Crippen LogP) is 5.72. The minimum absolute atomic E-state index is 0.144. The Morgan fingerprint density at radius 2 is 1.59 bits per heavy atom. The van der Waals surface area contributed by atoms with Gasteiger partial charge in [-0.2, -0.15) is 0 Å². The molecule has 0 saturated heterocycles. The molecule has 3 aromatic carbocycles. The van der Waals surface area contributed by atoms with Crippen molar-refractivity contribution in [3.8, 4) is 0 Å². The number of carbonyl (C=O) groups excluding carboxylic acids is 1. The Morgan fingerprint density at radius 1 is 0.926 bits per heavy atom. The molecule has 1 N–H and O–H groups in total. The Morgan fingerprint density at radius 3 is 2.30 bits per heavy atom. The van der Waals surface area contributed by atoms with E-state index in [2.05, 4.69) is 19.2 Å². The standard InChI is InChI=1S/C23H21FN2O/c1-15(2)16-11-13-17(14-12-16)26-22(18-7-3-5-9-20(18)24)25-21-10-6-4-8-19(21)23(26)27/h3-15,22,25H,1-2H3. The first kappa shape index (κ1) is 17.3. The molecule has 0 fully saturated rings. The quantitative estimate of drug-likeness (QED) is 0.648. The summed E-state index contributed by atoms with van der Waals surface area (Å²) in [6.07, 6.45) is -0.613. The van der Waals surface area contributed by atoms with Gasteiger partial charge in [0.05, 0.1) is 5.56 Å². The molecule has 1 atom stereocenters. The largest absolute Gasteiger partial charge is 0.360 e. The van der Waals surface area contributed by atoms with Gasteiger partial charge in [-0.1, -0.05) is 56.3 Å². The molecule has 0 radical (unpaired) electrons. The summed E-state index contributed by atoms with van der Waals surface area (Å²) in [6.45, 7) is 4.25. The fraction of sp³-hybridized carbons (Fsp3) is 0.174. The van der Waals surface area contributed by atoms with Crippen LogP contribution < -0.4 is 10.2 Å². The van der Waals surface area contributed by atoms with Gasteiger partial charge in [-0.15, -0.1) is 0 Å². The molecule has 1 aliphatic heterocycles. The molecule has 0 aromatic heterocycles. The van der Waals surface area contributed by atoms with Gasteiger partial charge in [0.25, 0.3) is 5.91 Å². The minimum atomic E-state index is -0.613. The lowest BCUT2D eigenvalue weighted by Gasteiger charge is -2.38. The molecule has 0 spiro atoms. The average Bonchev–Trinajstić information content (AvgIpc) is 2.68. The number of hydrogen-bond donors (Lipinski definition) is 1. The van der Waals surface area contributed by atoms with Crippen LogP contribution in [0.25, 0.3) is 0 Å². The molecular weight excluding hydrogens is 339 g/mol. The zero-order chi connectivity index (χ0) is 19.0. The Kier molecular flexibility index (Phi) is 4.40. The van der Waals surface area contributed by atoms with Gasteiger partial charge in [0.1, 0.15) is 12.0 Å². The number of nitrogens with one attached hydrogen (secondary N) is 1. The first-order valence-corrected chi connectivity index (χ1v) is 9.10. The topological polar surface area (TPSA) is 32.3 Å². The van der Waals surface area contributed by atoms with Crippen molar-refractivity contribution >= 4 is 17.3 Å². The molecule has 27 heavy (non-hydrogen) atoms. The lowest BCUT2D eigenvalue weighted by molar-refractivity contribution is 0.0974. The maximum Gasteiger partial charge on any atom is 0.262 e. The van der Waals surface area contributed by atoms with Gasteiger partial charge in [-0.05, 0) is 41.8 Å². The number of benzene rings is 3. The fourth-order valence-corrected chi connectivity index (χ4v) is 3.45. The zero-order valence-corrected chi connectivity index (χ0v) is 15.3. The van der Waals surface area contributed by atoms with Crippen molar-refractivity contribution in [2.24, 2.45) is 0 Å². The number of anilines is 2. The van der Waals surface area contributed by atoms with Crippen LogP contribution in [-0.4, -0.2) is 5.91 Å². The van der Waals surface area contributed by atoms with E-state index in [1.807, 2.05) is 42.5 Å². The SMILES string of the molecule is CC(C)c1ccc(N2C(=O)c3ccccc3NC2c2ccccc2F)cc1. The lowest BCUT2D eigenvalue weighted by Crippen LogP contribution is -2.43. The van der Waals surface area contributed by atoms with E-state index in [9.17, 15) is 9.18 Å². The molecular formula is C23H21FN2O. The van der Waals surface area contributed by atoms with Crippen molar-refractivity contribution < 1.29 is 9.18 Å². The van der Waals surface area contributed by atoms with Crippen LogP contribution >= 0.6 is 0 Å². The van der Waals surface area contributed by atoms with E-state index in [4.69, 9.17) is 0 Å². The number of fused-ring (bicyclic) bond motifs is 1. The number of nitrogens with zero attached hydrogens (tertiary/aromatic N) is 1. The Bertz CT molecular complexity index is 982. The van der Waals surface area contributed by atoms with E-state index >= 15 is 0 Å². The highest BCUT2D eigenvalue weighted by Crippen LogP contribution is 2.37. The molecule has 3 aromatic rings. The van der Waals surface area contributed by atoms with Gasteiger partial charge < -0.3 is 5.32 Å². The normalized spacial score (nSPS) is 16.2. The van der Waals surface area contributed by atoms with Crippen LogP contribution in [0.4, 0.5) is 15.8 Å². The summed E-state index contributed by atoms with van der Waals surface area (Å²) in [5, 5.41) is 3.34. The Hall–Kier alpha value is -3.14. The summed E-state index contributed by atoms with van der Waals surface area (Å²) in [6, 6.07) is 21.8. The summed E-state index contributed by atoms with van der Waals surface area (Å²) >= 11 is 0. The average molecular weight is 360 g/mol. The van der Waals surface area contributed by atoms with Crippen molar-refractivity contribution in [3.63, 3.8) is 0 Å². The first-order valence-electron chi connectivity index (χ1n) is 9.10. The van der Waals surface area contributed by atoms with Crippen molar-refractivity contribution in [3.05, 3.63) is 95.3 Å². The van der Waals surface area contributed by atoms with E-state index in [0.717, 1.165) is 5.69 Å². The van der Waals surface area contributed by atoms with E-state index in [-0.39, 0.29) is 11.7 Å². The Balaban J connectivity index is 1.84. The molecule has 1 aliphatic rings. The predicted molar refractivity (Wildman–Crippen MR) is 107 cm³/mol. The van der Waals surface area contributed by atoms with Gasteiger partial charge in [-0.3, -0.25) is 9.69 Å². The van der Waals surface area contributed by atoms with Crippen LogP contribution in [0.5, 0.6) is 0 Å². The second kappa shape index (κ2) is 6.88. The molecule has 0 bridgehead atoms. The summed E-state index contributed by atoms with van der Waals surface area (Å²) in [4.78, 5) is 14.9. The van der Waals surface area contributed by atoms with E-state index < -0.39 is 6.17 Å². The van der Waals surface area contributed by atoms with Gasteiger partial charge in [-0.25, -0.2) is 4.39 Å².